The maximum atomic E-state index is 13.4. The second kappa shape index (κ2) is 7.46. The Bertz CT molecular complexity index is 1170. The van der Waals surface area contributed by atoms with E-state index in [1.165, 1.54) is 11.3 Å². The standard InChI is InChI=1S/C21H14BrN3O3S/c22-15-6-2-1-5-14(15)20(26)25(11-13-4-3-7-23-10-13)21-24-16-8-17-18(28-12-27-17)9-19(16)29-21/h1-10H,11-12H2. The lowest BCUT2D eigenvalue weighted by atomic mass is 10.2. The van der Waals surface area contributed by atoms with Crippen molar-refractivity contribution in [1.29, 1.82) is 0 Å². The smallest absolute Gasteiger partial charge is 0.261 e. The summed E-state index contributed by atoms with van der Waals surface area (Å²) in [6.45, 7) is 0.577. The van der Waals surface area contributed by atoms with Crippen LogP contribution in [0.25, 0.3) is 10.2 Å². The van der Waals surface area contributed by atoms with E-state index < -0.39 is 0 Å². The summed E-state index contributed by atoms with van der Waals surface area (Å²) in [4.78, 5) is 24.0. The number of pyridine rings is 1. The van der Waals surface area contributed by atoms with Crippen LogP contribution in [-0.2, 0) is 6.54 Å². The lowest BCUT2D eigenvalue weighted by Gasteiger charge is -2.20. The Morgan fingerprint density at radius 1 is 1.14 bits per heavy atom. The molecule has 0 N–H and O–H groups in total. The minimum Gasteiger partial charge on any atom is -0.454 e. The summed E-state index contributed by atoms with van der Waals surface area (Å²) in [5.74, 6) is 1.23. The number of anilines is 1. The van der Waals surface area contributed by atoms with Gasteiger partial charge in [-0.15, -0.1) is 0 Å². The van der Waals surface area contributed by atoms with E-state index in [2.05, 4.69) is 20.9 Å². The Labute approximate surface area is 178 Å². The fourth-order valence-electron chi connectivity index (χ4n) is 3.10. The van der Waals surface area contributed by atoms with Crippen LogP contribution in [0, 0.1) is 0 Å². The second-order valence-corrected chi connectivity index (χ2v) is 8.27. The Kier molecular flexibility index (Phi) is 4.65. The highest BCUT2D eigenvalue weighted by Gasteiger charge is 2.24. The number of aromatic nitrogens is 2. The number of hydrogen-bond acceptors (Lipinski definition) is 6. The van der Waals surface area contributed by atoms with E-state index in [9.17, 15) is 4.79 Å². The first-order valence-corrected chi connectivity index (χ1v) is 10.5. The molecule has 29 heavy (non-hydrogen) atoms. The summed E-state index contributed by atoms with van der Waals surface area (Å²) in [6, 6.07) is 14.9. The van der Waals surface area contributed by atoms with Crippen LogP contribution in [-0.4, -0.2) is 22.7 Å². The largest absolute Gasteiger partial charge is 0.454 e. The number of carbonyl (C=O) groups excluding carboxylic acids is 1. The third-order valence-corrected chi connectivity index (χ3v) is 6.25. The minimum absolute atomic E-state index is 0.138. The normalized spacial score (nSPS) is 12.3. The monoisotopic (exact) mass is 467 g/mol. The number of rotatable bonds is 4. The topological polar surface area (TPSA) is 64.6 Å². The molecule has 0 saturated heterocycles. The number of benzene rings is 2. The van der Waals surface area contributed by atoms with Crippen molar-refractivity contribution in [3.05, 3.63) is 76.5 Å². The van der Waals surface area contributed by atoms with Crippen molar-refractivity contribution in [3.8, 4) is 11.5 Å². The third kappa shape index (κ3) is 3.45. The number of ether oxygens (including phenoxy) is 2. The molecule has 2 aromatic carbocycles. The van der Waals surface area contributed by atoms with Crippen LogP contribution in [0.15, 0.2) is 65.4 Å². The average Bonchev–Trinajstić information content (AvgIpc) is 3.36. The molecule has 1 amide bonds. The van der Waals surface area contributed by atoms with Gasteiger partial charge in [0.15, 0.2) is 16.6 Å². The molecule has 4 aromatic rings. The van der Waals surface area contributed by atoms with Crippen molar-refractivity contribution in [3.63, 3.8) is 0 Å². The molecule has 0 aliphatic carbocycles. The molecule has 5 rings (SSSR count). The van der Waals surface area contributed by atoms with E-state index in [-0.39, 0.29) is 12.7 Å². The number of amides is 1. The van der Waals surface area contributed by atoms with Crippen molar-refractivity contribution < 1.29 is 14.3 Å². The number of halogens is 1. The molecule has 0 saturated carbocycles. The van der Waals surface area contributed by atoms with Crippen LogP contribution in [0.3, 0.4) is 0 Å². The molecule has 0 unspecified atom stereocenters. The zero-order chi connectivity index (χ0) is 19.8. The predicted octanol–water partition coefficient (Wildman–Crippen LogP) is 5.03. The fraction of sp³-hybridized carbons (Fsp3) is 0.0952. The van der Waals surface area contributed by atoms with Gasteiger partial charge in [-0.2, -0.15) is 0 Å². The molecule has 0 fully saturated rings. The third-order valence-electron chi connectivity index (χ3n) is 4.52. The first-order valence-electron chi connectivity index (χ1n) is 8.84. The SMILES string of the molecule is O=C(c1ccccc1Br)N(Cc1cccnc1)c1nc2cc3c(cc2s1)OCO3. The van der Waals surface area contributed by atoms with Crippen LogP contribution in [0.4, 0.5) is 5.13 Å². The summed E-state index contributed by atoms with van der Waals surface area (Å²) in [5.41, 5.74) is 2.26. The number of nitrogens with zero attached hydrogens (tertiary/aromatic N) is 3. The fourth-order valence-corrected chi connectivity index (χ4v) is 4.53. The predicted molar refractivity (Wildman–Crippen MR) is 115 cm³/mol. The first kappa shape index (κ1) is 18.1. The summed E-state index contributed by atoms with van der Waals surface area (Å²) in [6.07, 6.45) is 3.46. The van der Waals surface area contributed by atoms with Gasteiger partial charge in [0.05, 0.1) is 22.3 Å². The molecule has 0 spiro atoms. The highest BCUT2D eigenvalue weighted by atomic mass is 79.9. The van der Waals surface area contributed by atoms with Crippen molar-refractivity contribution in [2.45, 2.75) is 6.54 Å². The van der Waals surface area contributed by atoms with Crippen molar-refractivity contribution in [2.75, 3.05) is 11.7 Å². The molecule has 0 bridgehead atoms. The molecular weight excluding hydrogens is 454 g/mol. The number of fused-ring (bicyclic) bond motifs is 2. The average molecular weight is 468 g/mol. The van der Waals surface area contributed by atoms with Gasteiger partial charge in [-0.3, -0.25) is 14.7 Å². The maximum Gasteiger partial charge on any atom is 0.261 e. The molecule has 1 aliphatic heterocycles. The van der Waals surface area contributed by atoms with Crippen molar-refractivity contribution in [1.82, 2.24) is 9.97 Å². The molecule has 6 nitrogen and oxygen atoms in total. The number of carbonyl (C=O) groups is 1. The summed E-state index contributed by atoms with van der Waals surface area (Å²) in [7, 11) is 0. The van der Waals surface area contributed by atoms with E-state index in [0.29, 0.717) is 28.7 Å². The van der Waals surface area contributed by atoms with Crippen LogP contribution >= 0.6 is 27.3 Å². The van der Waals surface area contributed by atoms with Crippen LogP contribution in [0.1, 0.15) is 15.9 Å². The van der Waals surface area contributed by atoms with Crippen LogP contribution in [0.5, 0.6) is 11.5 Å². The molecule has 8 heteroatoms. The maximum absolute atomic E-state index is 13.4. The van der Waals surface area contributed by atoms with E-state index in [1.54, 1.807) is 23.4 Å². The van der Waals surface area contributed by atoms with Gasteiger partial charge in [0, 0.05) is 29.0 Å². The van der Waals surface area contributed by atoms with E-state index in [4.69, 9.17) is 14.5 Å². The van der Waals surface area contributed by atoms with E-state index >= 15 is 0 Å². The second-order valence-electron chi connectivity index (χ2n) is 6.40. The molecule has 2 aromatic heterocycles. The van der Waals surface area contributed by atoms with Gasteiger partial charge in [0.2, 0.25) is 6.79 Å². The molecular formula is C21H14BrN3O3S. The van der Waals surface area contributed by atoms with Crippen LogP contribution < -0.4 is 14.4 Å². The van der Waals surface area contributed by atoms with Gasteiger partial charge in [-0.25, -0.2) is 4.98 Å². The Hall–Kier alpha value is -2.97. The number of thiazole rings is 1. The van der Waals surface area contributed by atoms with Gasteiger partial charge < -0.3 is 9.47 Å². The molecule has 0 radical (unpaired) electrons. The van der Waals surface area contributed by atoms with Gasteiger partial charge in [0.25, 0.3) is 5.91 Å². The van der Waals surface area contributed by atoms with E-state index in [1.807, 2.05) is 42.5 Å². The Morgan fingerprint density at radius 2 is 1.97 bits per heavy atom. The van der Waals surface area contributed by atoms with Gasteiger partial charge in [0.1, 0.15) is 0 Å². The first-order chi connectivity index (χ1) is 14.2. The highest BCUT2D eigenvalue weighted by Crippen LogP contribution is 2.40. The van der Waals surface area contributed by atoms with Gasteiger partial charge in [-0.05, 0) is 39.7 Å². The Morgan fingerprint density at radius 3 is 2.76 bits per heavy atom. The molecule has 3 heterocycles. The summed E-state index contributed by atoms with van der Waals surface area (Å²) < 4.78 is 12.6. The number of hydrogen-bond donors (Lipinski definition) is 0. The summed E-state index contributed by atoms with van der Waals surface area (Å²) in [5, 5.41) is 0.605. The van der Waals surface area contributed by atoms with Gasteiger partial charge >= 0.3 is 0 Å². The van der Waals surface area contributed by atoms with Crippen molar-refractivity contribution in [2.24, 2.45) is 0 Å². The quantitative estimate of drug-likeness (QED) is 0.421. The van der Waals surface area contributed by atoms with E-state index in [0.717, 1.165) is 20.3 Å². The molecule has 0 atom stereocenters. The minimum atomic E-state index is -0.138. The highest BCUT2D eigenvalue weighted by molar-refractivity contribution is 9.10. The van der Waals surface area contributed by atoms with Crippen LogP contribution in [0.2, 0.25) is 0 Å². The zero-order valence-electron chi connectivity index (χ0n) is 15.0. The summed E-state index contributed by atoms with van der Waals surface area (Å²) >= 11 is 4.93. The lowest BCUT2D eigenvalue weighted by Crippen LogP contribution is -2.30. The molecule has 144 valence electrons. The van der Waals surface area contributed by atoms with Crippen molar-refractivity contribution >= 4 is 48.5 Å². The molecule has 1 aliphatic rings. The zero-order valence-corrected chi connectivity index (χ0v) is 17.4. The van der Waals surface area contributed by atoms with Gasteiger partial charge in [-0.1, -0.05) is 29.5 Å². The Balaban J connectivity index is 1.59. The lowest BCUT2D eigenvalue weighted by molar-refractivity contribution is 0.0984.